The first-order valence-electron chi connectivity index (χ1n) is 8.98. The van der Waals surface area contributed by atoms with Gasteiger partial charge in [-0.1, -0.05) is 23.7 Å². The Morgan fingerprint density at radius 3 is 2.63 bits per heavy atom. The summed E-state index contributed by atoms with van der Waals surface area (Å²) in [6.45, 7) is 0. The number of aliphatic hydroxyl groups excluding tert-OH is 1. The first-order chi connectivity index (χ1) is 14.5. The van der Waals surface area contributed by atoms with Gasteiger partial charge in [-0.2, -0.15) is 0 Å². The highest BCUT2D eigenvalue weighted by molar-refractivity contribution is 6.51. The molecule has 30 heavy (non-hydrogen) atoms. The fourth-order valence-corrected chi connectivity index (χ4v) is 3.60. The lowest BCUT2D eigenvalue weighted by Crippen LogP contribution is -2.30. The fraction of sp³-hybridized carbons (Fsp3) is 0.0909. The maximum atomic E-state index is 13.0. The molecular weight excluding hydrogens is 406 g/mol. The Morgan fingerprint density at radius 2 is 1.97 bits per heavy atom. The van der Waals surface area contributed by atoms with Crippen molar-refractivity contribution >= 4 is 34.9 Å². The molecule has 3 heterocycles. The van der Waals surface area contributed by atoms with Crippen LogP contribution >= 0.6 is 11.6 Å². The number of methoxy groups -OCH3 is 1. The van der Waals surface area contributed by atoms with Gasteiger partial charge in [-0.15, -0.1) is 0 Å². The molecule has 150 valence electrons. The van der Waals surface area contributed by atoms with Crippen LogP contribution in [0.3, 0.4) is 0 Å². The Morgan fingerprint density at radius 1 is 1.13 bits per heavy atom. The van der Waals surface area contributed by atoms with Crippen molar-refractivity contribution in [2.24, 2.45) is 0 Å². The minimum absolute atomic E-state index is 0.0979. The number of halogens is 1. The zero-order chi connectivity index (χ0) is 21.3. The first-order valence-corrected chi connectivity index (χ1v) is 9.36. The lowest BCUT2D eigenvalue weighted by Gasteiger charge is -2.24. The van der Waals surface area contributed by atoms with E-state index in [1.165, 1.54) is 30.5 Å². The van der Waals surface area contributed by atoms with Crippen molar-refractivity contribution < 1.29 is 19.4 Å². The highest BCUT2D eigenvalue weighted by atomic mass is 35.5. The van der Waals surface area contributed by atoms with Gasteiger partial charge in [0.15, 0.2) is 0 Å². The van der Waals surface area contributed by atoms with Crippen molar-refractivity contribution in [2.45, 2.75) is 6.04 Å². The predicted molar refractivity (Wildman–Crippen MR) is 111 cm³/mol. The number of benzene rings is 1. The molecule has 1 fully saturated rings. The monoisotopic (exact) mass is 421 g/mol. The Hall–Kier alpha value is -3.71. The van der Waals surface area contributed by atoms with Gasteiger partial charge in [0.05, 0.1) is 24.3 Å². The van der Waals surface area contributed by atoms with Crippen LogP contribution in [0.2, 0.25) is 5.02 Å². The smallest absolute Gasteiger partial charge is 0.301 e. The molecule has 0 aliphatic carbocycles. The lowest BCUT2D eigenvalue weighted by molar-refractivity contribution is -0.132. The van der Waals surface area contributed by atoms with Gasteiger partial charge in [-0.05, 0) is 42.0 Å². The maximum Gasteiger partial charge on any atom is 0.301 e. The molecule has 0 bridgehead atoms. The molecule has 1 atom stereocenters. The van der Waals surface area contributed by atoms with Crippen LogP contribution in [0.4, 0.5) is 5.82 Å². The van der Waals surface area contributed by atoms with E-state index in [-0.39, 0.29) is 22.7 Å². The zero-order valence-electron chi connectivity index (χ0n) is 15.8. The van der Waals surface area contributed by atoms with Crippen molar-refractivity contribution in [3.63, 3.8) is 0 Å². The molecule has 0 unspecified atom stereocenters. The van der Waals surface area contributed by atoms with E-state index in [2.05, 4.69) is 9.97 Å². The number of carbonyl (C=O) groups excluding carboxylic acids is 2. The summed E-state index contributed by atoms with van der Waals surface area (Å²) < 4.78 is 5.31. The molecule has 1 saturated heterocycles. The molecule has 0 saturated carbocycles. The van der Waals surface area contributed by atoms with E-state index in [0.29, 0.717) is 16.3 Å². The SMILES string of the molecule is COc1ccc(Cl)cc1/C(O)=C1\C(=O)C(=O)N(c2ccccn2)[C@@H]1c1cccnc1. The average Bonchev–Trinajstić information content (AvgIpc) is 3.05. The summed E-state index contributed by atoms with van der Waals surface area (Å²) in [5.41, 5.74) is 0.655. The van der Waals surface area contributed by atoms with E-state index in [1.54, 1.807) is 48.7 Å². The van der Waals surface area contributed by atoms with Gasteiger partial charge in [0, 0.05) is 23.6 Å². The quantitative estimate of drug-likeness (QED) is 0.391. The average molecular weight is 422 g/mol. The fourth-order valence-electron chi connectivity index (χ4n) is 3.43. The van der Waals surface area contributed by atoms with Gasteiger partial charge in [-0.3, -0.25) is 19.5 Å². The van der Waals surface area contributed by atoms with Gasteiger partial charge >= 0.3 is 5.91 Å². The third-order valence-corrected chi connectivity index (χ3v) is 4.99. The number of Topliss-reactive ketones (excluding diaryl/α,β-unsaturated/α-hetero) is 1. The minimum atomic E-state index is -0.919. The van der Waals surface area contributed by atoms with Crippen LogP contribution in [-0.4, -0.2) is 33.9 Å². The Labute approximate surface area is 177 Å². The van der Waals surface area contributed by atoms with Crippen LogP contribution in [0, 0.1) is 0 Å². The molecule has 2 aromatic heterocycles. The van der Waals surface area contributed by atoms with Gasteiger partial charge < -0.3 is 9.84 Å². The molecule has 1 N–H and O–H groups in total. The Kier molecular flexibility index (Phi) is 5.20. The van der Waals surface area contributed by atoms with Crippen molar-refractivity contribution in [2.75, 3.05) is 12.0 Å². The van der Waals surface area contributed by atoms with Crippen molar-refractivity contribution in [3.05, 3.63) is 88.8 Å². The largest absolute Gasteiger partial charge is 0.507 e. The van der Waals surface area contributed by atoms with Crippen LogP contribution in [0.15, 0.2) is 72.7 Å². The highest BCUT2D eigenvalue weighted by Crippen LogP contribution is 2.42. The number of hydrogen-bond donors (Lipinski definition) is 1. The minimum Gasteiger partial charge on any atom is -0.507 e. The number of carbonyl (C=O) groups is 2. The van der Waals surface area contributed by atoms with E-state index in [0.717, 1.165) is 0 Å². The molecule has 0 radical (unpaired) electrons. The number of rotatable bonds is 4. The Bertz CT molecular complexity index is 1150. The number of amides is 1. The molecule has 4 rings (SSSR count). The number of nitrogens with zero attached hydrogens (tertiary/aromatic N) is 3. The molecule has 1 aromatic carbocycles. The molecular formula is C22H16ClN3O4. The van der Waals surface area contributed by atoms with E-state index in [4.69, 9.17) is 16.3 Å². The number of hydrogen-bond acceptors (Lipinski definition) is 6. The number of aromatic nitrogens is 2. The van der Waals surface area contributed by atoms with Crippen molar-refractivity contribution in [1.29, 1.82) is 0 Å². The topological polar surface area (TPSA) is 92.6 Å². The van der Waals surface area contributed by atoms with Crippen molar-refractivity contribution in [1.82, 2.24) is 9.97 Å². The van der Waals surface area contributed by atoms with Gasteiger partial charge in [0.25, 0.3) is 5.78 Å². The van der Waals surface area contributed by atoms with Crippen molar-refractivity contribution in [3.8, 4) is 5.75 Å². The number of ketones is 1. The molecule has 1 aliphatic rings. The molecule has 3 aromatic rings. The lowest BCUT2D eigenvalue weighted by atomic mass is 9.96. The molecule has 1 amide bonds. The van der Waals surface area contributed by atoms with E-state index >= 15 is 0 Å². The third kappa shape index (κ3) is 3.29. The second kappa shape index (κ2) is 7.96. The molecule has 1 aliphatic heterocycles. The number of ether oxygens (including phenoxy) is 1. The van der Waals surface area contributed by atoms with E-state index in [1.807, 2.05) is 0 Å². The van der Waals surface area contributed by atoms with Crippen LogP contribution in [-0.2, 0) is 9.59 Å². The standard InChI is InChI=1S/C22H16ClN3O4/c1-30-16-8-7-14(23)11-15(16)20(27)18-19(13-5-4-9-24-12-13)26(22(29)21(18)28)17-6-2-3-10-25-17/h2-12,19,27H,1H3/b20-18+/t19-/m1/s1. The van der Waals surface area contributed by atoms with Crippen LogP contribution in [0.1, 0.15) is 17.2 Å². The van der Waals surface area contributed by atoms with Gasteiger partial charge in [0.2, 0.25) is 0 Å². The maximum absolute atomic E-state index is 13.0. The number of aliphatic hydroxyl groups is 1. The number of pyridine rings is 2. The van der Waals surface area contributed by atoms with Gasteiger partial charge in [0.1, 0.15) is 17.3 Å². The zero-order valence-corrected chi connectivity index (χ0v) is 16.6. The second-order valence-corrected chi connectivity index (χ2v) is 6.92. The summed E-state index contributed by atoms with van der Waals surface area (Å²) >= 11 is 6.10. The molecule has 0 spiro atoms. The first kappa shape index (κ1) is 19.6. The third-order valence-electron chi connectivity index (χ3n) is 4.76. The highest BCUT2D eigenvalue weighted by Gasteiger charge is 2.47. The summed E-state index contributed by atoms with van der Waals surface area (Å²) in [6.07, 6.45) is 4.64. The summed E-state index contributed by atoms with van der Waals surface area (Å²) in [5, 5.41) is 11.5. The van der Waals surface area contributed by atoms with Crippen LogP contribution in [0.5, 0.6) is 5.75 Å². The summed E-state index contributed by atoms with van der Waals surface area (Å²) in [5.74, 6) is -1.43. The predicted octanol–water partition coefficient (Wildman–Crippen LogP) is 3.76. The molecule has 7 nitrogen and oxygen atoms in total. The van der Waals surface area contributed by atoms with Crippen LogP contribution < -0.4 is 9.64 Å². The second-order valence-electron chi connectivity index (χ2n) is 6.49. The van der Waals surface area contributed by atoms with Crippen LogP contribution in [0.25, 0.3) is 5.76 Å². The Balaban J connectivity index is 1.98. The van der Waals surface area contributed by atoms with E-state index < -0.39 is 17.7 Å². The summed E-state index contributed by atoms with van der Waals surface area (Å²) in [6, 6.07) is 12.2. The summed E-state index contributed by atoms with van der Waals surface area (Å²) in [4.78, 5) is 35.6. The number of anilines is 1. The summed E-state index contributed by atoms with van der Waals surface area (Å²) in [7, 11) is 1.44. The van der Waals surface area contributed by atoms with E-state index in [9.17, 15) is 14.7 Å². The molecule has 8 heteroatoms. The van der Waals surface area contributed by atoms with Gasteiger partial charge in [-0.25, -0.2) is 4.98 Å². The normalized spacial score (nSPS) is 17.9.